The van der Waals surface area contributed by atoms with Crippen LogP contribution in [0.5, 0.6) is 17.2 Å². The van der Waals surface area contributed by atoms with Crippen molar-refractivity contribution in [2.75, 3.05) is 39.5 Å². The van der Waals surface area contributed by atoms with Crippen LogP contribution in [0.4, 0.5) is 0 Å². The molecule has 1 unspecified atom stereocenters. The zero-order valence-corrected chi connectivity index (χ0v) is 17.3. The number of ether oxygens (including phenoxy) is 3. The van der Waals surface area contributed by atoms with Gasteiger partial charge in [-0.25, -0.2) is 0 Å². The summed E-state index contributed by atoms with van der Waals surface area (Å²) in [6.45, 7) is 5.39. The van der Waals surface area contributed by atoms with Crippen molar-refractivity contribution >= 4 is 5.57 Å². The highest BCUT2D eigenvalue weighted by atomic mass is 16.5. The van der Waals surface area contributed by atoms with Crippen LogP contribution in [0.15, 0.2) is 48.0 Å². The smallest absolute Gasteiger partial charge is 0.148 e. The largest absolute Gasteiger partial charge is 0.508 e. The van der Waals surface area contributed by atoms with Gasteiger partial charge in [-0.2, -0.15) is 0 Å². The molecule has 0 radical (unpaired) electrons. The number of hydrogen-bond donors (Lipinski definition) is 1. The minimum Gasteiger partial charge on any atom is -0.508 e. The number of benzene rings is 2. The second-order valence-corrected chi connectivity index (χ2v) is 8.30. The number of likely N-dealkylation sites (tertiary alicyclic amines) is 1. The molecule has 1 atom stereocenters. The lowest BCUT2D eigenvalue weighted by Crippen LogP contribution is -2.33. The van der Waals surface area contributed by atoms with Crippen molar-refractivity contribution in [1.82, 2.24) is 4.90 Å². The molecule has 0 bridgehead atoms. The molecule has 0 aliphatic carbocycles. The van der Waals surface area contributed by atoms with Crippen LogP contribution in [0.2, 0.25) is 0 Å². The van der Waals surface area contributed by atoms with E-state index in [1.165, 1.54) is 43.5 Å². The maximum atomic E-state index is 9.91. The van der Waals surface area contributed by atoms with Crippen molar-refractivity contribution in [2.45, 2.75) is 31.8 Å². The van der Waals surface area contributed by atoms with Crippen molar-refractivity contribution in [2.24, 2.45) is 0 Å². The van der Waals surface area contributed by atoms with Crippen molar-refractivity contribution in [1.29, 1.82) is 0 Å². The molecule has 0 spiro atoms. The summed E-state index contributed by atoms with van der Waals surface area (Å²) < 4.78 is 18.0. The summed E-state index contributed by atoms with van der Waals surface area (Å²) in [5.41, 5.74) is 4.61. The van der Waals surface area contributed by atoms with Gasteiger partial charge in [-0.05, 0) is 67.8 Å². The van der Waals surface area contributed by atoms with Crippen LogP contribution < -0.4 is 9.47 Å². The zero-order valence-electron chi connectivity index (χ0n) is 17.3. The van der Waals surface area contributed by atoms with E-state index in [4.69, 9.17) is 14.2 Å². The fourth-order valence-electron chi connectivity index (χ4n) is 4.69. The Morgan fingerprint density at radius 2 is 1.87 bits per heavy atom. The Kier molecular flexibility index (Phi) is 5.65. The predicted molar refractivity (Wildman–Crippen MR) is 116 cm³/mol. The van der Waals surface area contributed by atoms with E-state index < -0.39 is 0 Å². The third-order valence-electron chi connectivity index (χ3n) is 6.30. The van der Waals surface area contributed by atoms with E-state index in [2.05, 4.69) is 17.0 Å². The first-order valence-corrected chi connectivity index (χ1v) is 11.0. The predicted octanol–water partition coefficient (Wildman–Crippen LogP) is 4.56. The van der Waals surface area contributed by atoms with Gasteiger partial charge >= 0.3 is 0 Å². The van der Waals surface area contributed by atoms with Crippen LogP contribution in [0.1, 0.15) is 42.9 Å². The Labute approximate surface area is 177 Å². The van der Waals surface area contributed by atoms with Gasteiger partial charge in [0, 0.05) is 23.7 Å². The first kappa shape index (κ1) is 19.5. The Bertz CT molecular complexity index is 915. The highest BCUT2D eigenvalue weighted by Gasteiger charge is 2.32. The second-order valence-electron chi connectivity index (χ2n) is 8.30. The topological polar surface area (TPSA) is 51.2 Å². The van der Waals surface area contributed by atoms with Gasteiger partial charge in [0.05, 0.1) is 13.2 Å². The summed E-state index contributed by atoms with van der Waals surface area (Å²) >= 11 is 0. The molecule has 2 aromatic rings. The molecule has 2 aromatic carbocycles. The van der Waals surface area contributed by atoms with Crippen LogP contribution >= 0.6 is 0 Å². The Morgan fingerprint density at radius 3 is 2.70 bits per heavy atom. The lowest BCUT2D eigenvalue weighted by atomic mass is 9.87. The van der Waals surface area contributed by atoms with Crippen LogP contribution in [-0.4, -0.2) is 49.5 Å². The van der Waals surface area contributed by atoms with Gasteiger partial charge in [0.1, 0.15) is 30.0 Å². The quantitative estimate of drug-likeness (QED) is 0.787. The number of phenols is 1. The molecule has 30 heavy (non-hydrogen) atoms. The lowest BCUT2D eigenvalue weighted by Gasteiger charge is -2.34. The third kappa shape index (κ3) is 4.05. The fourth-order valence-corrected chi connectivity index (χ4v) is 4.69. The molecule has 0 aromatic heterocycles. The number of rotatable bonds is 5. The average molecular weight is 408 g/mol. The molecule has 3 aliphatic rings. The average Bonchev–Trinajstić information content (AvgIpc) is 2.79. The highest BCUT2D eigenvalue weighted by molar-refractivity contribution is 5.77. The van der Waals surface area contributed by atoms with Crippen LogP contribution in [-0.2, 0) is 4.74 Å². The summed E-state index contributed by atoms with van der Waals surface area (Å²) in [5, 5.41) is 9.91. The van der Waals surface area contributed by atoms with Gasteiger partial charge < -0.3 is 19.3 Å². The number of piperidine rings is 1. The molecule has 0 amide bonds. The summed E-state index contributed by atoms with van der Waals surface area (Å²) in [6, 6.07) is 13.6. The van der Waals surface area contributed by atoms with Gasteiger partial charge in [0.25, 0.3) is 0 Å². The van der Waals surface area contributed by atoms with Crippen molar-refractivity contribution in [3.63, 3.8) is 0 Å². The van der Waals surface area contributed by atoms with E-state index in [1.54, 1.807) is 12.1 Å². The molecule has 158 valence electrons. The Morgan fingerprint density at radius 1 is 1.03 bits per heavy atom. The molecule has 1 saturated heterocycles. The van der Waals surface area contributed by atoms with E-state index in [0.717, 1.165) is 48.8 Å². The molecular weight excluding hydrogens is 378 g/mol. The number of phenolic OH excluding ortho intramolecular Hbond substituents is 1. The molecule has 1 N–H and O–H groups in total. The SMILES string of the molecule is Oc1ccc2c(c1)OC(c1ccc(OCCN3CCCCC3)cc1)C1=C2CCOC1. The van der Waals surface area contributed by atoms with Gasteiger partial charge in [-0.15, -0.1) is 0 Å². The van der Waals surface area contributed by atoms with E-state index in [1.807, 2.05) is 18.2 Å². The maximum absolute atomic E-state index is 9.91. The third-order valence-corrected chi connectivity index (χ3v) is 6.30. The number of aromatic hydroxyl groups is 1. The molecule has 5 nitrogen and oxygen atoms in total. The molecule has 3 aliphatic heterocycles. The highest BCUT2D eigenvalue weighted by Crippen LogP contribution is 2.46. The van der Waals surface area contributed by atoms with E-state index in [9.17, 15) is 5.11 Å². The summed E-state index contributed by atoms with van der Waals surface area (Å²) in [6.07, 6.45) is 4.63. The van der Waals surface area contributed by atoms with E-state index in [-0.39, 0.29) is 11.9 Å². The number of nitrogens with zero attached hydrogens (tertiary/aromatic N) is 1. The molecule has 3 heterocycles. The summed E-state index contributed by atoms with van der Waals surface area (Å²) in [7, 11) is 0. The Balaban J connectivity index is 1.30. The molecule has 0 saturated carbocycles. The van der Waals surface area contributed by atoms with Crippen LogP contribution in [0.3, 0.4) is 0 Å². The van der Waals surface area contributed by atoms with Crippen LogP contribution in [0, 0.1) is 0 Å². The number of fused-ring (bicyclic) bond motifs is 2. The first-order chi connectivity index (χ1) is 14.8. The summed E-state index contributed by atoms with van der Waals surface area (Å²) in [4.78, 5) is 2.48. The normalized spacial score (nSPS) is 21.5. The van der Waals surface area contributed by atoms with E-state index >= 15 is 0 Å². The molecular formula is C25H29NO4. The van der Waals surface area contributed by atoms with E-state index in [0.29, 0.717) is 6.61 Å². The van der Waals surface area contributed by atoms with Crippen LogP contribution in [0.25, 0.3) is 5.57 Å². The summed E-state index contributed by atoms with van der Waals surface area (Å²) in [5.74, 6) is 1.85. The van der Waals surface area contributed by atoms with Crippen molar-refractivity contribution in [3.05, 3.63) is 59.2 Å². The van der Waals surface area contributed by atoms with Gasteiger partial charge in [0.2, 0.25) is 0 Å². The van der Waals surface area contributed by atoms with Gasteiger partial charge in [-0.3, -0.25) is 4.90 Å². The minimum absolute atomic E-state index is 0.197. The van der Waals surface area contributed by atoms with Crippen molar-refractivity contribution in [3.8, 4) is 17.2 Å². The lowest BCUT2D eigenvalue weighted by molar-refractivity contribution is 0.123. The van der Waals surface area contributed by atoms with Gasteiger partial charge in [0.15, 0.2) is 0 Å². The van der Waals surface area contributed by atoms with Crippen molar-refractivity contribution < 1.29 is 19.3 Å². The fraction of sp³-hybridized carbons (Fsp3) is 0.440. The first-order valence-electron chi connectivity index (χ1n) is 11.0. The molecule has 5 rings (SSSR count). The standard InChI is InChI=1S/C25H29NO4/c27-19-6-9-22-21-10-14-28-17-23(21)25(30-24(22)16-19)18-4-7-20(8-5-18)29-15-13-26-11-2-1-3-12-26/h4-9,16,25,27H,1-3,10-15,17H2. The number of hydrogen-bond acceptors (Lipinski definition) is 5. The molecule has 5 heteroatoms. The molecule has 1 fully saturated rings. The van der Waals surface area contributed by atoms with Gasteiger partial charge in [-0.1, -0.05) is 18.6 Å². The zero-order chi connectivity index (χ0) is 20.3. The maximum Gasteiger partial charge on any atom is 0.148 e. The minimum atomic E-state index is -0.197. The second kappa shape index (κ2) is 8.70. The Hall–Kier alpha value is -2.50. The monoisotopic (exact) mass is 407 g/mol.